The summed E-state index contributed by atoms with van der Waals surface area (Å²) < 4.78 is 0. The molecule has 0 aliphatic heterocycles. The van der Waals surface area contributed by atoms with Crippen molar-refractivity contribution < 1.29 is 39.0 Å². The molecule has 0 spiro atoms. The number of aliphatic hydroxyl groups is 1. The van der Waals surface area contributed by atoms with E-state index in [4.69, 9.17) is 5.73 Å². The molecule has 232 valence electrons. The van der Waals surface area contributed by atoms with E-state index in [0.29, 0.717) is 16.8 Å². The maximum Gasteiger partial charge on any atom is 0.235 e. The molecule has 12 nitrogen and oxygen atoms in total. The van der Waals surface area contributed by atoms with Crippen LogP contribution >= 0.6 is 0 Å². The molecule has 44 heavy (non-hydrogen) atoms. The second-order valence-corrected chi connectivity index (χ2v) is 12.3. The number of nitrogens with two attached hydrogens (primary N) is 1. The standard InChI is InChI=1S/C32H36N4O8/c1-35(2)20-14-19(34-11-10-21(37)15-8-6-5-7-9-15)26(38)23-17(20)12-16-13-18-25(36(3)4)28(40)24(31(33)43)30(42)32(18,44)29(41)22(16)27(23)39/h5-9,14,16,18,22,24-25,34,38,44H,10-13H2,1-4H3,(H2,33,43)/t16-,18-,22?,24?,25-,32-/m1/s1. The molecule has 3 aliphatic carbocycles. The Bertz CT molecular complexity index is 1590. The number of phenols is 1. The molecule has 0 saturated heterocycles. The molecule has 0 bridgehead atoms. The van der Waals surface area contributed by atoms with Gasteiger partial charge in [-0.25, -0.2) is 0 Å². The highest BCUT2D eigenvalue weighted by Crippen LogP contribution is 2.52. The van der Waals surface area contributed by atoms with Gasteiger partial charge in [0.15, 0.2) is 40.4 Å². The molecule has 2 aromatic carbocycles. The van der Waals surface area contributed by atoms with Gasteiger partial charge in [0.1, 0.15) is 5.75 Å². The zero-order chi connectivity index (χ0) is 32.2. The van der Waals surface area contributed by atoms with Crippen LogP contribution in [0.25, 0.3) is 0 Å². The number of fused-ring (bicyclic) bond motifs is 3. The highest BCUT2D eigenvalue weighted by atomic mass is 16.3. The van der Waals surface area contributed by atoms with Gasteiger partial charge in [-0.3, -0.25) is 33.7 Å². The van der Waals surface area contributed by atoms with Crippen molar-refractivity contribution in [1.82, 2.24) is 4.90 Å². The van der Waals surface area contributed by atoms with Crippen molar-refractivity contribution >= 4 is 46.2 Å². The molecular formula is C32H36N4O8. The molecule has 12 heteroatoms. The molecule has 2 fully saturated rings. The van der Waals surface area contributed by atoms with Gasteiger partial charge < -0.3 is 26.2 Å². The van der Waals surface area contributed by atoms with E-state index in [1.807, 2.05) is 0 Å². The third-order valence-corrected chi connectivity index (χ3v) is 9.28. The van der Waals surface area contributed by atoms with Crippen molar-refractivity contribution in [3.63, 3.8) is 0 Å². The summed E-state index contributed by atoms with van der Waals surface area (Å²) in [4.78, 5) is 82.9. The molecule has 1 amide bonds. The van der Waals surface area contributed by atoms with Gasteiger partial charge in [0, 0.05) is 44.2 Å². The van der Waals surface area contributed by atoms with Crippen molar-refractivity contribution in [3.05, 3.63) is 53.1 Å². The fraction of sp³-hybridized carbons (Fsp3) is 0.438. The number of likely N-dealkylation sites (N-methyl/N-ethyl adjacent to an activating group) is 1. The summed E-state index contributed by atoms with van der Waals surface area (Å²) in [5.74, 6) is -11.1. The Morgan fingerprint density at radius 3 is 2.30 bits per heavy atom. The summed E-state index contributed by atoms with van der Waals surface area (Å²) in [6.07, 6.45) is 0.233. The van der Waals surface area contributed by atoms with Crippen LogP contribution in [0, 0.1) is 23.7 Å². The Hall–Kier alpha value is -4.42. The van der Waals surface area contributed by atoms with E-state index in [9.17, 15) is 39.0 Å². The lowest BCUT2D eigenvalue weighted by atomic mass is 9.52. The molecule has 3 aliphatic rings. The van der Waals surface area contributed by atoms with Crippen LogP contribution in [0.5, 0.6) is 5.75 Å². The monoisotopic (exact) mass is 604 g/mol. The van der Waals surface area contributed by atoms with Crippen molar-refractivity contribution in [2.75, 3.05) is 45.0 Å². The Morgan fingerprint density at radius 1 is 1.05 bits per heavy atom. The number of benzene rings is 2. The van der Waals surface area contributed by atoms with Crippen LogP contribution in [0.2, 0.25) is 0 Å². The summed E-state index contributed by atoms with van der Waals surface area (Å²) in [7, 11) is 6.61. The largest absolute Gasteiger partial charge is 0.505 e. The maximum atomic E-state index is 14.1. The van der Waals surface area contributed by atoms with Gasteiger partial charge in [-0.1, -0.05) is 30.3 Å². The van der Waals surface area contributed by atoms with Gasteiger partial charge in [-0.15, -0.1) is 0 Å². The number of hydrogen-bond donors (Lipinski definition) is 4. The van der Waals surface area contributed by atoms with Crippen LogP contribution in [0.1, 0.15) is 39.1 Å². The first kappa shape index (κ1) is 31.0. The molecule has 5 N–H and O–H groups in total. The topological polar surface area (TPSA) is 187 Å². The minimum Gasteiger partial charge on any atom is -0.505 e. The number of primary amides is 1. The number of ketones is 5. The Morgan fingerprint density at radius 2 is 1.70 bits per heavy atom. The number of carbonyl (C=O) groups is 6. The van der Waals surface area contributed by atoms with E-state index in [0.717, 1.165) is 0 Å². The SMILES string of the molecule is CN(C)c1cc(NCCC(=O)c2ccccc2)c(O)c2c1C[C@@H]1C[C@@H]3[C@@H](N(C)C)C(=O)C(C(N)=O)C(=O)[C@]3(O)C(=O)C1C2=O. The van der Waals surface area contributed by atoms with E-state index in [1.54, 1.807) is 69.5 Å². The zero-order valence-corrected chi connectivity index (χ0v) is 25.0. The van der Waals surface area contributed by atoms with Crippen LogP contribution in [0.4, 0.5) is 11.4 Å². The molecule has 2 unspecified atom stereocenters. The van der Waals surface area contributed by atoms with Gasteiger partial charge in [0.05, 0.1) is 23.2 Å². The lowest BCUT2D eigenvalue weighted by Crippen LogP contribution is -2.74. The molecule has 2 aromatic rings. The second-order valence-electron chi connectivity index (χ2n) is 12.3. The minimum atomic E-state index is -2.79. The van der Waals surface area contributed by atoms with Crippen LogP contribution in [0.3, 0.4) is 0 Å². The number of nitrogens with one attached hydrogen (secondary N) is 1. The van der Waals surface area contributed by atoms with E-state index in [2.05, 4.69) is 5.32 Å². The third-order valence-electron chi connectivity index (χ3n) is 9.28. The fourth-order valence-electron chi connectivity index (χ4n) is 7.27. The van der Waals surface area contributed by atoms with E-state index in [1.165, 1.54) is 4.90 Å². The first-order valence-electron chi connectivity index (χ1n) is 14.4. The fourth-order valence-corrected chi connectivity index (χ4v) is 7.27. The van der Waals surface area contributed by atoms with Gasteiger partial charge in [0.25, 0.3) is 0 Å². The van der Waals surface area contributed by atoms with E-state index in [-0.39, 0.29) is 42.8 Å². The quantitative estimate of drug-likeness (QED) is 0.188. The summed E-state index contributed by atoms with van der Waals surface area (Å²) >= 11 is 0. The maximum absolute atomic E-state index is 14.1. The Kier molecular flexibility index (Phi) is 7.93. The number of aromatic hydroxyl groups is 1. The predicted molar refractivity (Wildman–Crippen MR) is 160 cm³/mol. The molecule has 0 radical (unpaired) electrons. The highest BCUT2D eigenvalue weighted by molar-refractivity contribution is 6.32. The first-order chi connectivity index (χ1) is 20.7. The van der Waals surface area contributed by atoms with Gasteiger partial charge in [-0.05, 0) is 44.5 Å². The third kappa shape index (κ3) is 4.69. The van der Waals surface area contributed by atoms with E-state index >= 15 is 0 Å². The molecular weight excluding hydrogens is 568 g/mol. The lowest BCUT2D eigenvalue weighted by molar-refractivity contribution is -0.181. The van der Waals surface area contributed by atoms with Crippen molar-refractivity contribution in [3.8, 4) is 5.75 Å². The van der Waals surface area contributed by atoms with Gasteiger partial charge in [-0.2, -0.15) is 0 Å². The number of rotatable bonds is 8. The highest BCUT2D eigenvalue weighted by Gasteiger charge is 2.69. The van der Waals surface area contributed by atoms with Crippen LogP contribution in [-0.2, 0) is 25.6 Å². The average Bonchev–Trinajstić information content (AvgIpc) is 2.96. The summed E-state index contributed by atoms with van der Waals surface area (Å²) in [6, 6.07) is 9.25. The van der Waals surface area contributed by atoms with Crippen molar-refractivity contribution in [2.45, 2.75) is 30.9 Å². The van der Waals surface area contributed by atoms with Gasteiger partial charge in [0.2, 0.25) is 5.91 Å². The number of nitrogens with zero attached hydrogens (tertiary/aromatic N) is 2. The predicted octanol–water partition coefficient (Wildman–Crippen LogP) is 0.618. The van der Waals surface area contributed by atoms with Gasteiger partial charge >= 0.3 is 0 Å². The Labute approximate surface area is 254 Å². The van der Waals surface area contributed by atoms with Crippen molar-refractivity contribution in [2.24, 2.45) is 29.4 Å². The smallest absolute Gasteiger partial charge is 0.235 e. The normalized spacial score (nSPS) is 27.8. The van der Waals surface area contributed by atoms with Crippen LogP contribution < -0.4 is 16.0 Å². The lowest BCUT2D eigenvalue weighted by Gasteiger charge is -2.52. The molecule has 6 atom stereocenters. The van der Waals surface area contributed by atoms with Crippen molar-refractivity contribution in [1.29, 1.82) is 0 Å². The average molecular weight is 605 g/mol. The zero-order valence-electron chi connectivity index (χ0n) is 25.0. The van der Waals surface area contributed by atoms with E-state index < -0.39 is 70.1 Å². The number of hydrogen-bond acceptors (Lipinski definition) is 11. The number of amides is 1. The van der Waals surface area contributed by atoms with Crippen LogP contribution in [0.15, 0.2) is 36.4 Å². The minimum absolute atomic E-state index is 0.0286. The molecule has 2 saturated carbocycles. The number of Topliss-reactive ketones (excluding diaryl/α,β-unsaturated/α-hetero) is 5. The molecule has 0 aromatic heterocycles. The van der Waals surface area contributed by atoms with Crippen LogP contribution in [-0.4, -0.2) is 96.3 Å². The Balaban J connectivity index is 1.52. The first-order valence-corrected chi connectivity index (χ1v) is 14.4. The number of anilines is 2. The summed E-state index contributed by atoms with van der Waals surface area (Å²) in [5, 5.41) is 26.1. The summed E-state index contributed by atoms with van der Waals surface area (Å²) in [5.41, 5.74) is 4.30. The summed E-state index contributed by atoms with van der Waals surface area (Å²) in [6.45, 7) is 0.149. The molecule has 0 heterocycles. The number of carbonyl (C=O) groups excluding carboxylic acids is 6. The number of phenolic OH excluding ortho intramolecular Hbond substituents is 1. The second kappa shape index (κ2) is 11.3. The molecule has 5 rings (SSSR count).